The van der Waals surface area contributed by atoms with E-state index < -0.39 is 12.1 Å². The van der Waals surface area contributed by atoms with Crippen LogP contribution in [0.2, 0.25) is 0 Å². The second kappa shape index (κ2) is 10.8. The van der Waals surface area contributed by atoms with Crippen molar-refractivity contribution >= 4 is 11.9 Å². The van der Waals surface area contributed by atoms with Crippen LogP contribution in [0, 0.1) is 5.41 Å². The van der Waals surface area contributed by atoms with Crippen molar-refractivity contribution < 1.29 is 37.7 Å². The van der Waals surface area contributed by atoms with Gasteiger partial charge in [-0.05, 0) is 56.2 Å². The van der Waals surface area contributed by atoms with Crippen LogP contribution >= 0.6 is 0 Å². The molecule has 7 nitrogen and oxygen atoms in total. The summed E-state index contributed by atoms with van der Waals surface area (Å²) in [5.74, 6) is -2.61. The van der Waals surface area contributed by atoms with Crippen molar-refractivity contribution in [2.24, 2.45) is 5.41 Å². The topological polar surface area (TPSA) is 90.3 Å². The Bertz CT molecular complexity index is 797. The molecular weight excluding hydrogens is 441 g/mol. The number of hydrogen-bond donors (Lipinski definition) is 2. The number of benzene rings is 1. The van der Waals surface area contributed by atoms with Gasteiger partial charge in [0, 0.05) is 31.7 Å². The van der Waals surface area contributed by atoms with Crippen molar-refractivity contribution in [1.29, 1.82) is 0 Å². The molecule has 0 radical (unpaired) electrons. The summed E-state index contributed by atoms with van der Waals surface area (Å²) in [4.78, 5) is 25.9. The number of aliphatic hydroxyl groups is 1. The summed E-state index contributed by atoms with van der Waals surface area (Å²) in [6.07, 6.45) is 0.179. The zero-order chi connectivity index (χ0) is 24.1. The first-order valence-corrected chi connectivity index (χ1v) is 11.2. The van der Waals surface area contributed by atoms with E-state index in [9.17, 15) is 23.1 Å². The van der Waals surface area contributed by atoms with Gasteiger partial charge in [-0.15, -0.1) is 0 Å². The number of β-amino-alcohol motifs (C(OH)–C–C–N with tert-alkyl or cyclic N) is 1. The van der Waals surface area contributed by atoms with Gasteiger partial charge in [0.1, 0.15) is 0 Å². The van der Waals surface area contributed by atoms with Crippen LogP contribution in [0.15, 0.2) is 30.3 Å². The number of likely N-dealkylation sites (tertiary alicyclic amines) is 2. The highest BCUT2D eigenvalue weighted by Gasteiger charge is 2.43. The van der Waals surface area contributed by atoms with Crippen molar-refractivity contribution in [1.82, 2.24) is 9.80 Å². The first-order valence-electron chi connectivity index (χ1n) is 11.2. The molecule has 3 saturated heterocycles. The molecule has 1 spiro atoms. The van der Waals surface area contributed by atoms with Crippen LogP contribution in [0.4, 0.5) is 13.2 Å². The third-order valence-electron chi connectivity index (χ3n) is 6.60. The smallest absolute Gasteiger partial charge is 0.475 e. The number of halogens is 3. The van der Waals surface area contributed by atoms with Crippen LogP contribution in [0.5, 0.6) is 0 Å². The highest BCUT2D eigenvalue weighted by Crippen LogP contribution is 2.42. The molecule has 3 aliphatic heterocycles. The lowest BCUT2D eigenvalue weighted by Gasteiger charge is -2.38. The van der Waals surface area contributed by atoms with Gasteiger partial charge in [-0.2, -0.15) is 13.2 Å². The fourth-order valence-electron chi connectivity index (χ4n) is 4.79. The maximum atomic E-state index is 12.6. The Labute approximate surface area is 191 Å². The number of hydrogen-bond acceptors (Lipinski definition) is 5. The Morgan fingerprint density at radius 1 is 1.12 bits per heavy atom. The molecule has 33 heavy (non-hydrogen) atoms. The van der Waals surface area contributed by atoms with Crippen LogP contribution in [-0.2, 0) is 9.53 Å². The van der Waals surface area contributed by atoms with E-state index in [1.165, 1.54) is 0 Å². The molecule has 4 rings (SSSR count). The first kappa shape index (κ1) is 25.5. The third kappa shape index (κ3) is 7.15. The fourth-order valence-corrected chi connectivity index (χ4v) is 4.79. The standard InChI is InChI=1S/C21H30N2O3.C2HF3O2/c24-18-7-4-10-22(14-18)15-19-13-21(16-26-19)8-11-23(12-9-21)20(25)17-5-2-1-3-6-17;3-2(4,5)1(6)7/h1-3,5-6,18-19,24H,4,7-16H2;(H,6,7). The Morgan fingerprint density at radius 3 is 2.33 bits per heavy atom. The van der Waals surface area contributed by atoms with Crippen molar-refractivity contribution in [3.8, 4) is 0 Å². The van der Waals surface area contributed by atoms with Crippen molar-refractivity contribution in [3.05, 3.63) is 35.9 Å². The fraction of sp³-hybridized carbons (Fsp3) is 0.652. The molecule has 0 saturated carbocycles. The number of nitrogens with zero attached hydrogens (tertiary/aromatic N) is 2. The zero-order valence-corrected chi connectivity index (χ0v) is 18.5. The molecule has 0 aliphatic carbocycles. The third-order valence-corrected chi connectivity index (χ3v) is 6.60. The molecular formula is C23H31F3N2O5. The van der Waals surface area contributed by atoms with Crippen LogP contribution in [0.25, 0.3) is 0 Å². The molecule has 3 heterocycles. The van der Waals surface area contributed by atoms with E-state index in [2.05, 4.69) is 4.90 Å². The number of alkyl halides is 3. The number of carboxylic acids is 1. The van der Waals surface area contributed by atoms with E-state index >= 15 is 0 Å². The van der Waals surface area contributed by atoms with Gasteiger partial charge in [0.2, 0.25) is 0 Å². The Hall–Kier alpha value is -2.17. The van der Waals surface area contributed by atoms with Gasteiger partial charge >= 0.3 is 12.1 Å². The summed E-state index contributed by atoms with van der Waals surface area (Å²) < 4.78 is 37.9. The minimum absolute atomic E-state index is 0.151. The highest BCUT2D eigenvalue weighted by atomic mass is 19.4. The number of rotatable bonds is 3. The number of piperidine rings is 2. The number of aliphatic hydroxyl groups excluding tert-OH is 1. The van der Waals surface area contributed by atoms with Crippen LogP contribution in [-0.4, -0.2) is 89.6 Å². The van der Waals surface area contributed by atoms with Gasteiger partial charge in [0.15, 0.2) is 0 Å². The van der Waals surface area contributed by atoms with Crippen LogP contribution in [0.3, 0.4) is 0 Å². The Morgan fingerprint density at radius 2 is 1.76 bits per heavy atom. The van der Waals surface area contributed by atoms with Gasteiger partial charge in [0.05, 0.1) is 18.8 Å². The summed E-state index contributed by atoms with van der Waals surface area (Å²) >= 11 is 0. The molecule has 2 atom stereocenters. The maximum absolute atomic E-state index is 12.6. The SMILES string of the molecule is O=C(O)C(F)(F)F.O=C(c1ccccc1)N1CCC2(CC1)COC(CN1CCCC(O)C1)C2. The Balaban J connectivity index is 0.000000383. The molecule has 0 aromatic heterocycles. The largest absolute Gasteiger partial charge is 0.490 e. The summed E-state index contributed by atoms with van der Waals surface area (Å²) in [7, 11) is 0. The molecule has 3 aliphatic rings. The highest BCUT2D eigenvalue weighted by molar-refractivity contribution is 5.94. The van der Waals surface area contributed by atoms with Gasteiger partial charge < -0.3 is 19.8 Å². The summed E-state index contributed by atoms with van der Waals surface area (Å²) in [6.45, 7) is 5.26. The average Bonchev–Trinajstić information content (AvgIpc) is 3.16. The van der Waals surface area contributed by atoms with E-state index in [1.54, 1.807) is 0 Å². The maximum Gasteiger partial charge on any atom is 0.490 e. The quantitative estimate of drug-likeness (QED) is 0.703. The molecule has 1 aromatic rings. The second-order valence-corrected chi connectivity index (χ2v) is 9.15. The molecule has 3 fully saturated rings. The molecule has 2 unspecified atom stereocenters. The molecule has 0 bridgehead atoms. The van der Waals surface area contributed by atoms with Gasteiger partial charge in [0.25, 0.3) is 5.91 Å². The van der Waals surface area contributed by atoms with Gasteiger partial charge in [-0.25, -0.2) is 4.79 Å². The number of ether oxygens (including phenoxy) is 1. The lowest BCUT2D eigenvalue weighted by Crippen LogP contribution is -2.44. The predicted molar refractivity (Wildman–Crippen MR) is 114 cm³/mol. The zero-order valence-electron chi connectivity index (χ0n) is 18.5. The van der Waals surface area contributed by atoms with E-state index in [-0.39, 0.29) is 23.5 Å². The molecule has 184 valence electrons. The van der Waals surface area contributed by atoms with Crippen LogP contribution in [0.1, 0.15) is 42.5 Å². The lowest BCUT2D eigenvalue weighted by molar-refractivity contribution is -0.192. The lowest BCUT2D eigenvalue weighted by atomic mass is 9.76. The van der Waals surface area contributed by atoms with Crippen molar-refractivity contribution in [2.45, 2.75) is 50.5 Å². The Kier molecular flexibility index (Phi) is 8.36. The van der Waals surface area contributed by atoms with E-state index in [0.29, 0.717) is 0 Å². The van der Waals surface area contributed by atoms with Crippen molar-refractivity contribution in [3.63, 3.8) is 0 Å². The van der Waals surface area contributed by atoms with E-state index in [0.717, 1.165) is 77.0 Å². The molecule has 10 heteroatoms. The summed E-state index contributed by atoms with van der Waals surface area (Å²) in [5, 5.41) is 17.0. The number of carbonyl (C=O) groups is 2. The number of carbonyl (C=O) groups excluding carboxylic acids is 1. The number of amides is 1. The van der Waals surface area contributed by atoms with E-state index in [1.807, 2.05) is 35.2 Å². The van der Waals surface area contributed by atoms with E-state index in [4.69, 9.17) is 14.6 Å². The minimum atomic E-state index is -5.08. The normalized spacial score (nSPS) is 25.4. The van der Waals surface area contributed by atoms with Crippen molar-refractivity contribution in [2.75, 3.05) is 39.3 Å². The van der Waals surface area contributed by atoms with Gasteiger partial charge in [-0.1, -0.05) is 18.2 Å². The minimum Gasteiger partial charge on any atom is -0.475 e. The second-order valence-electron chi connectivity index (χ2n) is 9.15. The first-order chi connectivity index (χ1) is 15.6. The average molecular weight is 473 g/mol. The monoisotopic (exact) mass is 472 g/mol. The number of aliphatic carboxylic acids is 1. The summed E-state index contributed by atoms with van der Waals surface area (Å²) in [6, 6.07) is 9.58. The van der Waals surface area contributed by atoms with Gasteiger partial charge in [-0.3, -0.25) is 9.69 Å². The number of carboxylic acid groups (broad SMARTS) is 1. The predicted octanol–water partition coefficient (Wildman–Crippen LogP) is 2.79. The van der Waals surface area contributed by atoms with Crippen LogP contribution < -0.4 is 0 Å². The molecule has 2 N–H and O–H groups in total. The summed E-state index contributed by atoms with van der Waals surface area (Å²) in [5.41, 5.74) is 1.03. The molecule has 1 aromatic carbocycles. The molecule has 1 amide bonds.